The number of carbonyl (C=O) groups excluding carboxylic acids is 1. The van der Waals surface area contributed by atoms with Gasteiger partial charge in [-0.25, -0.2) is 4.39 Å². The summed E-state index contributed by atoms with van der Waals surface area (Å²) in [7, 11) is 0. The smallest absolute Gasteiger partial charge is 0.273 e. The van der Waals surface area contributed by atoms with Crippen LogP contribution in [0.15, 0.2) is 79.1 Å². The summed E-state index contributed by atoms with van der Waals surface area (Å²) in [5.41, 5.74) is 5.64. The molecule has 3 aromatic heterocycles. The highest BCUT2D eigenvalue weighted by Gasteiger charge is 2.42. The first-order valence-electron chi connectivity index (χ1n) is 10.8. The van der Waals surface area contributed by atoms with Crippen LogP contribution in [0.2, 0.25) is 0 Å². The number of hydrogen-bond donors (Lipinski definition) is 2. The van der Waals surface area contributed by atoms with Gasteiger partial charge < -0.3 is 9.88 Å². The predicted molar refractivity (Wildman–Crippen MR) is 123 cm³/mol. The molecule has 7 heteroatoms. The van der Waals surface area contributed by atoms with Gasteiger partial charge in [-0.1, -0.05) is 24.3 Å². The van der Waals surface area contributed by atoms with Crippen LogP contribution in [0, 0.1) is 5.82 Å². The molecule has 0 radical (unpaired) electrons. The van der Waals surface area contributed by atoms with Gasteiger partial charge in [-0.3, -0.25) is 14.9 Å². The molecule has 1 atom stereocenters. The number of nitrogens with zero attached hydrogens (tertiary/aromatic N) is 3. The topological polar surface area (TPSA) is 77.7 Å². The van der Waals surface area contributed by atoms with Gasteiger partial charge in [0, 0.05) is 41.0 Å². The molecular weight excluding hydrogens is 417 g/mol. The Morgan fingerprint density at radius 3 is 2.64 bits per heavy atom. The lowest BCUT2D eigenvalue weighted by Gasteiger charge is -2.25. The lowest BCUT2D eigenvalue weighted by atomic mass is 9.99. The van der Waals surface area contributed by atoms with E-state index in [9.17, 15) is 9.18 Å². The van der Waals surface area contributed by atoms with E-state index >= 15 is 0 Å². The highest BCUT2D eigenvalue weighted by atomic mass is 19.1. The Hall–Kier alpha value is -4.26. The summed E-state index contributed by atoms with van der Waals surface area (Å²) in [5, 5.41) is 8.51. The van der Waals surface area contributed by atoms with Crippen molar-refractivity contribution >= 4 is 16.8 Å². The molecule has 0 spiro atoms. The van der Waals surface area contributed by atoms with Gasteiger partial charge in [0.2, 0.25) is 0 Å². The first-order chi connectivity index (χ1) is 16.2. The van der Waals surface area contributed by atoms with Crippen LogP contribution >= 0.6 is 0 Å². The molecule has 33 heavy (non-hydrogen) atoms. The monoisotopic (exact) mass is 437 g/mol. The number of pyridine rings is 1. The molecule has 4 heterocycles. The molecule has 0 saturated carbocycles. The van der Waals surface area contributed by atoms with E-state index in [-0.39, 0.29) is 17.8 Å². The molecule has 5 aromatic rings. The van der Waals surface area contributed by atoms with Crippen LogP contribution in [0.5, 0.6) is 0 Å². The van der Waals surface area contributed by atoms with Crippen molar-refractivity contribution in [3.05, 3.63) is 107 Å². The van der Waals surface area contributed by atoms with E-state index in [1.54, 1.807) is 18.3 Å². The second-order valence-corrected chi connectivity index (χ2v) is 8.13. The number of halogens is 1. The summed E-state index contributed by atoms with van der Waals surface area (Å²) in [6.45, 7) is 0.521. The lowest BCUT2D eigenvalue weighted by molar-refractivity contribution is 0.0743. The molecule has 0 aliphatic carbocycles. The van der Waals surface area contributed by atoms with Crippen LogP contribution in [-0.2, 0) is 6.42 Å². The van der Waals surface area contributed by atoms with Crippen LogP contribution in [0.3, 0.4) is 0 Å². The van der Waals surface area contributed by atoms with E-state index in [1.165, 1.54) is 12.1 Å². The van der Waals surface area contributed by atoms with E-state index in [0.717, 1.165) is 33.3 Å². The molecule has 0 bridgehead atoms. The minimum absolute atomic E-state index is 0.110. The molecule has 1 amide bonds. The number of H-pyrrole nitrogens is 2. The van der Waals surface area contributed by atoms with E-state index < -0.39 is 0 Å². The Morgan fingerprint density at radius 1 is 1.00 bits per heavy atom. The number of para-hydroxylation sites is 1. The predicted octanol–water partition coefficient (Wildman–Crippen LogP) is 4.88. The summed E-state index contributed by atoms with van der Waals surface area (Å²) in [6.07, 6.45) is 4.43. The molecule has 0 saturated heterocycles. The largest absolute Gasteiger partial charge is 0.361 e. The number of benzene rings is 2. The summed E-state index contributed by atoms with van der Waals surface area (Å²) in [5.74, 6) is -0.426. The van der Waals surface area contributed by atoms with E-state index in [0.29, 0.717) is 24.4 Å². The van der Waals surface area contributed by atoms with Crippen LogP contribution < -0.4 is 0 Å². The molecular formula is C26H20FN5O. The molecule has 2 aromatic carbocycles. The van der Waals surface area contributed by atoms with Crippen molar-refractivity contribution in [1.82, 2.24) is 25.1 Å². The lowest BCUT2D eigenvalue weighted by Crippen LogP contribution is -2.32. The van der Waals surface area contributed by atoms with E-state index in [1.807, 2.05) is 47.5 Å². The average molecular weight is 437 g/mol. The molecule has 1 aliphatic heterocycles. The fraction of sp³-hybridized carbons (Fsp3) is 0.115. The number of fused-ring (bicyclic) bond motifs is 2. The second-order valence-electron chi connectivity index (χ2n) is 8.13. The Balaban J connectivity index is 1.40. The maximum atomic E-state index is 13.5. The van der Waals surface area contributed by atoms with Crippen LogP contribution in [0.4, 0.5) is 4.39 Å². The fourth-order valence-electron chi connectivity index (χ4n) is 4.68. The third-order valence-corrected chi connectivity index (χ3v) is 6.25. The molecule has 1 aliphatic rings. The number of hydrogen-bond acceptors (Lipinski definition) is 3. The summed E-state index contributed by atoms with van der Waals surface area (Å²) >= 11 is 0. The highest BCUT2D eigenvalue weighted by molar-refractivity contribution is 6.00. The summed E-state index contributed by atoms with van der Waals surface area (Å²) in [6, 6.07) is 19.6. The number of carbonyl (C=O) groups is 1. The Bertz CT molecular complexity index is 1460. The van der Waals surface area contributed by atoms with Crippen molar-refractivity contribution in [2.45, 2.75) is 12.5 Å². The fourth-order valence-corrected chi connectivity index (χ4v) is 4.68. The first kappa shape index (κ1) is 19.4. The molecule has 0 unspecified atom stereocenters. The normalized spacial score (nSPS) is 15.4. The highest BCUT2D eigenvalue weighted by Crippen LogP contribution is 2.42. The van der Waals surface area contributed by atoms with E-state index in [2.05, 4.69) is 26.2 Å². The molecule has 6 nitrogen and oxygen atoms in total. The minimum Gasteiger partial charge on any atom is -0.361 e. The van der Waals surface area contributed by atoms with Crippen molar-refractivity contribution in [2.75, 3.05) is 6.54 Å². The third-order valence-electron chi connectivity index (χ3n) is 6.25. The van der Waals surface area contributed by atoms with Crippen LogP contribution in [-0.4, -0.2) is 37.5 Å². The minimum atomic E-state index is -0.377. The summed E-state index contributed by atoms with van der Waals surface area (Å²) < 4.78 is 13.5. The number of amides is 1. The summed E-state index contributed by atoms with van der Waals surface area (Å²) in [4.78, 5) is 23.2. The second kappa shape index (κ2) is 7.70. The Kier molecular flexibility index (Phi) is 4.54. The zero-order valence-corrected chi connectivity index (χ0v) is 17.6. The van der Waals surface area contributed by atoms with Crippen molar-refractivity contribution < 1.29 is 9.18 Å². The van der Waals surface area contributed by atoms with Crippen LogP contribution in [0.25, 0.3) is 22.2 Å². The quantitative estimate of drug-likeness (QED) is 0.411. The van der Waals surface area contributed by atoms with Crippen molar-refractivity contribution in [3.8, 4) is 11.3 Å². The Labute approximate surface area is 189 Å². The van der Waals surface area contributed by atoms with Gasteiger partial charge in [-0.15, -0.1) is 0 Å². The molecule has 162 valence electrons. The first-order valence-corrected chi connectivity index (χ1v) is 10.8. The average Bonchev–Trinajstić information content (AvgIpc) is 3.53. The molecule has 6 rings (SSSR count). The van der Waals surface area contributed by atoms with Gasteiger partial charge in [0.15, 0.2) is 0 Å². The van der Waals surface area contributed by atoms with Gasteiger partial charge >= 0.3 is 0 Å². The Morgan fingerprint density at radius 2 is 1.82 bits per heavy atom. The molecule has 0 fully saturated rings. The van der Waals surface area contributed by atoms with E-state index in [4.69, 9.17) is 0 Å². The zero-order chi connectivity index (χ0) is 22.4. The van der Waals surface area contributed by atoms with Crippen molar-refractivity contribution in [1.29, 1.82) is 0 Å². The number of aromatic amines is 2. The van der Waals surface area contributed by atoms with Crippen LogP contribution in [0.1, 0.15) is 33.4 Å². The third kappa shape index (κ3) is 3.20. The van der Waals surface area contributed by atoms with Crippen molar-refractivity contribution in [2.24, 2.45) is 0 Å². The van der Waals surface area contributed by atoms with Gasteiger partial charge in [0.05, 0.1) is 11.4 Å². The van der Waals surface area contributed by atoms with Gasteiger partial charge in [0.25, 0.3) is 5.91 Å². The number of nitrogens with one attached hydrogen (secondary N) is 2. The molecule has 2 N–H and O–H groups in total. The standard InChI is InChI=1S/C26H20FN5O/c27-18-10-8-16(9-11-18)23-22-24(31-30-23)26(33)32(25(22)21-7-3-4-13-28-21)14-12-17-15-29-20-6-2-1-5-19(17)20/h1-11,13,15,25,29H,12,14H2,(H,30,31)/t25-/m1/s1. The maximum Gasteiger partial charge on any atom is 0.273 e. The number of aromatic nitrogens is 4. The van der Waals surface area contributed by atoms with Gasteiger partial charge in [-0.2, -0.15) is 5.10 Å². The zero-order valence-electron chi connectivity index (χ0n) is 17.6. The number of rotatable bonds is 5. The van der Waals surface area contributed by atoms with Gasteiger partial charge in [0.1, 0.15) is 17.6 Å². The maximum absolute atomic E-state index is 13.5. The SMILES string of the molecule is O=C1c2[nH]nc(-c3ccc(F)cc3)c2[C@@H](c2ccccn2)N1CCc1c[nH]c2ccccc12. The van der Waals surface area contributed by atoms with Crippen molar-refractivity contribution in [3.63, 3.8) is 0 Å². The van der Waals surface area contributed by atoms with Gasteiger partial charge in [-0.05, 0) is 54.4 Å².